The van der Waals surface area contributed by atoms with Crippen LogP contribution in [-0.2, 0) is 21.4 Å². The summed E-state index contributed by atoms with van der Waals surface area (Å²) in [6.45, 7) is 17.2. The van der Waals surface area contributed by atoms with Gasteiger partial charge in [0, 0.05) is 31.2 Å². The first-order valence-electron chi connectivity index (χ1n) is 13.5. The summed E-state index contributed by atoms with van der Waals surface area (Å²) in [5.74, 6) is 1.09. The Balaban J connectivity index is 1.81. The van der Waals surface area contributed by atoms with Crippen molar-refractivity contribution in [2.75, 3.05) is 31.6 Å². The largest absolute Gasteiger partial charge is 0.469 e. The number of carbonyl (C=O) groups is 2. The van der Waals surface area contributed by atoms with Crippen LogP contribution in [0.1, 0.15) is 88.1 Å². The van der Waals surface area contributed by atoms with Crippen molar-refractivity contribution < 1.29 is 14.3 Å². The second-order valence-corrected chi connectivity index (χ2v) is 11.4. The Labute approximate surface area is 222 Å². The van der Waals surface area contributed by atoms with Crippen LogP contribution in [0.25, 0.3) is 0 Å². The molecule has 7 heteroatoms. The van der Waals surface area contributed by atoms with Gasteiger partial charge >= 0.3 is 5.97 Å². The highest BCUT2D eigenvalue weighted by Gasteiger charge is 2.39. The number of hydrogen-bond acceptors (Lipinski definition) is 6. The molecule has 0 aromatic carbocycles. The van der Waals surface area contributed by atoms with E-state index in [0.717, 1.165) is 41.9 Å². The van der Waals surface area contributed by atoms with E-state index in [-0.39, 0.29) is 23.7 Å². The first-order chi connectivity index (χ1) is 17.5. The predicted octanol–water partition coefficient (Wildman–Crippen LogP) is 5.35. The minimum Gasteiger partial charge on any atom is -0.469 e. The first kappa shape index (κ1) is 28.6. The van der Waals surface area contributed by atoms with Crippen LogP contribution in [0.3, 0.4) is 0 Å². The molecule has 0 aliphatic carbocycles. The van der Waals surface area contributed by atoms with Crippen molar-refractivity contribution in [2.45, 2.75) is 85.1 Å². The maximum absolute atomic E-state index is 13.8. The van der Waals surface area contributed by atoms with Gasteiger partial charge in [0.1, 0.15) is 11.5 Å². The molecule has 3 rings (SSSR count). The maximum Gasteiger partial charge on any atom is 0.310 e. The lowest BCUT2D eigenvalue weighted by Crippen LogP contribution is -2.61. The number of ether oxygens (including phenoxy) is 1. The van der Waals surface area contributed by atoms with E-state index in [9.17, 15) is 9.59 Å². The number of aryl methyl sites for hydroxylation is 1. The fourth-order valence-electron chi connectivity index (χ4n) is 5.75. The van der Waals surface area contributed by atoms with Gasteiger partial charge in [-0.1, -0.05) is 39.8 Å². The minimum atomic E-state index is -0.404. The SMILES string of the molecule is CCC(CC)(CC(C)C)c1nc(C(=O)N2CCN(c3ccc(CC(=O)OC)cn3)CC2(C)C)ccc1C. The monoisotopic (exact) mass is 508 g/mol. The molecule has 202 valence electrons. The number of esters is 1. The summed E-state index contributed by atoms with van der Waals surface area (Å²) < 4.78 is 4.74. The van der Waals surface area contributed by atoms with Crippen LogP contribution in [-0.4, -0.2) is 59.0 Å². The molecular formula is C30H44N4O3. The molecule has 7 nitrogen and oxygen atoms in total. The highest BCUT2D eigenvalue weighted by atomic mass is 16.5. The molecule has 2 aromatic rings. The molecule has 0 radical (unpaired) electrons. The molecule has 1 aliphatic heterocycles. The number of nitrogens with zero attached hydrogens (tertiary/aromatic N) is 4. The van der Waals surface area contributed by atoms with E-state index >= 15 is 0 Å². The van der Waals surface area contributed by atoms with E-state index in [4.69, 9.17) is 9.72 Å². The van der Waals surface area contributed by atoms with Gasteiger partial charge in [0.05, 0.1) is 24.8 Å². The van der Waals surface area contributed by atoms with Crippen LogP contribution in [0, 0.1) is 12.8 Å². The van der Waals surface area contributed by atoms with Gasteiger partial charge in [0.15, 0.2) is 0 Å². The molecule has 0 unspecified atom stereocenters. The Morgan fingerprint density at radius 2 is 1.81 bits per heavy atom. The quantitative estimate of drug-likeness (QED) is 0.425. The van der Waals surface area contributed by atoms with Gasteiger partial charge in [-0.3, -0.25) is 9.59 Å². The zero-order valence-electron chi connectivity index (χ0n) is 23.9. The second kappa shape index (κ2) is 11.6. The van der Waals surface area contributed by atoms with Gasteiger partial charge in [0.25, 0.3) is 5.91 Å². The topological polar surface area (TPSA) is 75.6 Å². The Morgan fingerprint density at radius 3 is 2.35 bits per heavy atom. The third-order valence-corrected chi connectivity index (χ3v) is 7.83. The summed E-state index contributed by atoms with van der Waals surface area (Å²) >= 11 is 0. The van der Waals surface area contributed by atoms with Crippen molar-refractivity contribution in [1.29, 1.82) is 0 Å². The van der Waals surface area contributed by atoms with Crippen molar-refractivity contribution in [2.24, 2.45) is 5.92 Å². The van der Waals surface area contributed by atoms with E-state index in [1.807, 2.05) is 23.1 Å². The summed E-state index contributed by atoms with van der Waals surface area (Å²) in [5.41, 5.74) is 3.16. The smallest absolute Gasteiger partial charge is 0.310 e. The second-order valence-electron chi connectivity index (χ2n) is 11.4. The van der Waals surface area contributed by atoms with E-state index in [2.05, 4.69) is 64.4 Å². The summed E-state index contributed by atoms with van der Waals surface area (Å²) in [6.07, 6.45) is 4.99. The first-order valence-corrected chi connectivity index (χ1v) is 13.5. The van der Waals surface area contributed by atoms with Crippen LogP contribution in [0.2, 0.25) is 0 Å². The van der Waals surface area contributed by atoms with E-state index in [1.165, 1.54) is 7.11 Å². The molecule has 1 saturated heterocycles. The number of pyridine rings is 2. The molecule has 1 amide bonds. The maximum atomic E-state index is 13.8. The van der Waals surface area contributed by atoms with Crippen LogP contribution in [0.15, 0.2) is 30.5 Å². The molecule has 0 N–H and O–H groups in total. The summed E-state index contributed by atoms with van der Waals surface area (Å²) in [7, 11) is 1.38. The Hall–Kier alpha value is -2.96. The fourth-order valence-corrected chi connectivity index (χ4v) is 5.75. The van der Waals surface area contributed by atoms with Gasteiger partial charge < -0.3 is 14.5 Å². The van der Waals surface area contributed by atoms with E-state index < -0.39 is 5.54 Å². The number of amides is 1. The predicted molar refractivity (Wildman–Crippen MR) is 148 cm³/mol. The number of carbonyl (C=O) groups excluding carboxylic acids is 2. The van der Waals surface area contributed by atoms with E-state index in [1.54, 1.807) is 6.20 Å². The van der Waals surface area contributed by atoms with Gasteiger partial charge in [-0.2, -0.15) is 0 Å². The lowest BCUT2D eigenvalue weighted by molar-refractivity contribution is -0.139. The molecule has 3 heterocycles. The van der Waals surface area contributed by atoms with Crippen molar-refractivity contribution in [1.82, 2.24) is 14.9 Å². The zero-order chi connectivity index (χ0) is 27.4. The zero-order valence-corrected chi connectivity index (χ0v) is 23.9. The molecule has 0 bridgehead atoms. The summed E-state index contributed by atoms with van der Waals surface area (Å²) in [5, 5.41) is 0. The number of hydrogen-bond donors (Lipinski definition) is 0. The van der Waals surface area contributed by atoms with Crippen molar-refractivity contribution in [3.8, 4) is 0 Å². The lowest BCUT2D eigenvalue weighted by atomic mass is 9.71. The molecule has 1 fully saturated rings. The van der Waals surface area contributed by atoms with Gasteiger partial charge in [-0.25, -0.2) is 9.97 Å². The fraction of sp³-hybridized carbons (Fsp3) is 0.600. The van der Waals surface area contributed by atoms with Crippen LogP contribution in [0.5, 0.6) is 0 Å². The average molecular weight is 509 g/mol. The van der Waals surface area contributed by atoms with Crippen molar-refractivity contribution >= 4 is 17.7 Å². The Kier molecular flexibility index (Phi) is 8.98. The minimum absolute atomic E-state index is 0.0158. The third-order valence-electron chi connectivity index (χ3n) is 7.83. The number of aromatic nitrogens is 2. The molecule has 0 saturated carbocycles. The van der Waals surface area contributed by atoms with Gasteiger partial charge in [-0.05, 0) is 69.2 Å². The standard InChI is InChI=1S/C30H44N4O3/c1-9-30(10-2,18-21(3)4)27-22(5)11-13-24(32-27)28(36)34-16-15-33(20-29(34,6)7)25-14-12-23(19-31-25)17-26(35)37-8/h11-14,19,21H,9-10,15-18,20H2,1-8H3. The van der Waals surface area contributed by atoms with Crippen molar-refractivity contribution in [3.05, 3.63) is 53.0 Å². The average Bonchev–Trinajstić information content (AvgIpc) is 2.87. The van der Waals surface area contributed by atoms with Gasteiger partial charge in [-0.15, -0.1) is 0 Å². The molecule has 2 aromatic heterocycles. The molecule has 37 heavy (non-hydrogen) atoms. The number of anilines is 1. The normalized spacial score (nSPS) is 15.7. The van der Waals surface area contributed by atoms with Crippen LogP contribution in [0.4, 0.5) is 5.82 Å². The third kappa shape index (κ3) is 6.31. The van der Waals surface area contributed by atoms with Crippen LogP contribution >= 0.6 is 0 Å². The van der Waals surface area contributed by atoms with E-state index in [0.29, 0.717) is 31.2 Å². The van der Waals surface area contributed by atoms with Crippen molar-refractivity contribution in [3.63, 3.8) is 0 Å². The molecule has 1 aliphatic rings. The van der Waals surface area contributed by atoms with Crippen LogP contribution < -0.4 is 4.90 Å². The summed E-state index contributed by atoms with van der Waals surface area (Å²) in [6, 6.07) is 7.80. The Morgan fingerprint density at radius 1 is 1.11 bits per heavy atom. The molecule has 0 atom stereocenters. The number of piperazine rings is 1. The summed E-state index contributed by atoms with van der Waals surface area (Å²) in [4.78, 5) is 39.1. The number of methoxy groups -OCH3 is 1. The molecule has 0 spiro atoms. The Bertz CT molecular complexity index is 1090. The number of rotatable bonds is 9. The lowest BCUT2D eigenvalue weighted by Gasteiger charge is -2.47. The van der Waals surface area contributed by atoms with Gasteiger partial charge in [0.2, 0.25) is 0 Å². The highest BCUT2D eigenvalue weighted by Crippen LogP contribution is 2.39. The highest BCUT2D eigenvalue weighted by molar-refractivity contribution is 5.93. The molecular weight excluding hydrogens is 464 g/mol.